The first-order chi connectivity index (χ1) is 15.2. The zero-order chi connectivity index (χ0) is 23.2. The Hall–Kier alpha value is -2.08. The molecule has 0 spiro atoms. The van der Waals surface area contributed by atoms with Crippen LogP contribution in [0.15, 0.2) is 58.3 Å². The maximum atomic E-state index is 13.1. The van der Waals surface area contributed by atoms with Gasteiger partial charge in [-0.25, -0.2) is 0 Å². The zero-order valence-electron chi connectivity index (χ0n) is 15.5. The van der Waals surface area contributed by atoms with Gasteiger partial charge in [-0.2, -0.15) is 0 Å². The van der Waals surface area contributed by atoms with Gasteiger partial charge in [0.2, 0.25) is 0 Å². The van der Waals surface area contributed by atoms with Gasteiger partial charge in [0, 0.05) is 11.1 Å². The first kappa shape index (κ1) is 23.1. The second-order valence-electron chi connectivity index (χ2n) is 6.32. The van der Waals surface area contributed by atoms with E-state index in [0.29, 0.717) is 11.4 Å². The number of carbonyl (C=O) groups excluding carboxylic acids is 4. The Kier molecular flexibility index (Phi) is 6.53. The van der Waals surface area contributed by atoms with Crippen LogP contribution in [0.25, 0.3) is 0 Å². The van der Waals surface area contributed by atoms with Crippen LogP contribution < -0.4 is 9.80 Å². The van der Waals surface area contributed by atoms with Crippen molar-refractivity contribution >= 4 is 113 Å². The molecule has 0 radical (unpaired) electrons. The smallest absolute Gasteiger partial charge is 0.272 e. The summed E-state index contributed by atoms with van der Waals surface area (Å²) in [6, 6.07) is 12.1. The third-order valence-corrected chi connectivity index (χ3v) is 7.76. The minimum atomic E-state index is -0.617. The van der Waals surface area contributed by atoms with Crippen LogP contribution in [0.1, 0.15) is 20.7 Å². The summed E-state index contributed by atoms with van der Waals surface area (Å²) in [5.41, 5.74) is 1.45. The van der Waals surface area contributed by atoms with Gasteiger partial charge >= 0.3 is 0 Å². The lowest BCUT2D eigenvalue weighted by molar-refractivity contribution is -0.115. The second kappa shape index (κ2) is 9.05. The maximum absolute atomic E-state index is 13.1. The van der Waals surface area contributed by atoms with Crippen LogP contribution in [0.5, 0.6) is 0 Å². The second-order valence-corrected chi connectivity index (χ2v) is 10.3. The molecule has 0 saturated carbocycles. The fourth-order valence-corrected chi connectivity index (χ4v) is 5.94. The molecule has 2 fully saturated rings. The summed E-state index contributed by atoms with van der Waals surface area (Å²) in [4.78, 5) is 51.7. The van der Waals surface area contributed by atoms with Crippen LogP contribution in [-0.2, 0) is 9.59 Å². The van der Waals surface area contributed by atoms with Crippen molar-refractivity contribution in [3.05, 3.63) is 69.5 Å². The summed E-state index contributed by atoms with van der Waals surface area (Å²) in [6.45, 7) is 0. The van der Waals surface area contributed by atoms with Crippen LogP contribution in [-0.4, -0.2) is 30.9 Å². The monoisotopic (exact) mass is 538 g/mol. The van der Waals surface area contributed by atoms with Gasteiger partial charge in [0.05, 0.1) is 21.2 Å². The molecule has 12 heteroatoms. The van der Waals surface area contributed by atoms with E-state index in [1.165, 1.54) is 34.1 Å². The number of thiocarbonyl (C=S) groups is 2. The standard InChI is InChI=1S/C20H8Cl2N2O4S4/c21-15(25)9-1-5-11(6-2-9)23-17(27)13(31-19(23)29)14-18(28)24(20(30)32-14)12-7-3-10(4-8-12)16(22)26/h1-8H. The molecule has 6 nitrogen and oxygen atoms in total. The fourth-order valence-electron chi connectivity index (χ4n) is 2.94. The summed E-state index contributed by atoms with van der Waals surface area (Å²) in [6.07, 6.45) is 0. The van der Waals surface area contributed by atoms with Gasteiger partial charge in [0.1, 0.15) is 0 Å². The average molecular weight is 539 g/mol. The number of carbonyl (C=O) groups is 4. The Morgan fingerprint density at radius 2 is 0.969 bits per heavy atom. The van der Waals surface area contributed by atoms with E-state index in [9.17, 15) is 19.2 Å². The average Bonchev–Trinajstić information content (AvgIpc) is 3.22. The molecule has 0 unspecified atom stereocenters. The molecule has 0 aromatic heterocycles. The van der Waals surface area contributed by atoms with E-state index in [1.54, 1.807) is 24.3 Å². The van der Waals surface area contributed by atoms with Gasteiger partial charge in [-0.15, -0.1) is 0 Å². The third-order valence-electron chi connectivity index (χ3n) is 4.45. The molecule has 2 aliphatic rings. The Morgan fingerprint density at radius 1 is 0.656 bits per heavy atom. The van der Waals surface area contributed by atoms with E-state index in [4.69, 9.17) is 47.6 Å². The van der Waals surface area contributed by atoms with Gasteiger partial charge in [-0.1, -0.05) is 48.0 Å². The Bertz CT molecular complexity index is 1160. The molecular formula is C20H8Cl2N2O4S4. The molecule has 2 amide bonds. The van der Waals surface area contributed by atoms with Crippen LogP contribution in [0.4, 0.5) is 11.4 Å². The lowest BCUT2D eigenvalue weighted by Crippen LogP contribution is -2.29. The normalized spacial score (nSPS) is 18.7. The number of halogens is 2. The summed E-state index contributed by atoms with van der Waals surface area (Å²) in [7, 11) is 0. The Morgan fingerprint density at radius 3 is 1.25 bits per heavy atom. The predicted molar refractivity (Wildman–Crippen MR) is 136 cm³/mol. The SMILES string of the molecule is O=C(Cl)c1ccc(N2C(=O)C(=C3SC(=S)N(c4ccc(C(=O)Cl)cc4)C3=O)SC2=S)cc1. The predicted octanol–water partition coefficient (Wildman–Crippen LogP) is 5.09. The van der Waals surface area contributed by atoms with Crippen molar-refractivity contribution in [2.75, 3.05) is 9.80 Å². The molecule has 0 N–H and O–H groups in total. The highest BCUT2D eigenvalue weighted by Crippen LogP contribution is 2.44. The number of hydrogen-bond acceptors (Lipinski definition) is 8. The minimum absolute atomic E-state index is 0.167. The van der Waals surface area contributed by atoms with E-state index in [0.717, 1.165) is 23.5 Å². The van der Waals surface area contributed by atoms with Crippen LogP contribution in [0.3, 0.4) is 0 Å². The topological polar surface area (TPSA) is 74.8 Å². The van der Waals surface area contributed by atoms with Gasteiger partial charge in [-0.05, 0) is 71.7 Å². The molecule has 0 atom stereocenters. The molecule has 2 aromatic rings. The Balaban J connectivity index is 1.65. The molecule has 4 rings (SSSR count). The summed E-state index contributed by atoms with van der Waals surface area (Å²) < 4.78 is 0.482. The van der Waals surface area contributed by atoms with E-state index in [-0.39, 0.29) is 29.6 Å². The van der Waals surface area contributed by atoms with Gasteiger partial charge in [0.15, 0.2) is 8.64 Å². The number of rotatable bonds is 4. The lowest BCUT2D eigenvalue weighted by atomic mass is 10.2. The number of anilines is 2. The zero-order valence-corrected chi connectivity index (χ0v) is 20.3. The van der Waals surface area contributed by atoms with E-state index < -0.39 is 22.3 Å². The third kappa shape index (κ3) is 4.14. The number of nitrogens with zero attached hydrogens (tertiary/aromatic N) is 2. The highest BCUT2D eigenvalue weighted by molar-refractivity contribution is 8.30. The van der Waals surface area contributed by atoms with Gasteiger partial charge in [0.25, 0.3) is 22.3 Å². The van der Waals surface area contributed by atoms with Crippen molar-refractivity contribution in [3.63, 3.8) is 0 Å². The molecule has 2 aromatic carbocycles. The quantitative estimate of drug-likeness (QED) is 0.303. The molecule has 2 aliphatic heterocycles. The van der Waals surface area contributed by atoms with Crippen molar-refractivity contribution in [1.29, 1.82) is 0 Å². The highest BCUT2D eigenvalue weighted by Gasteiger charge is 2.43. The highest BCUT2D eigenvalue weighted by atomic mass is 35.5. The van der Waals surface area contributed by atoms with Crippen molar-refractivity contribution < 1.29 is 19.2 Å². The largest absolute Gasteiger partial charge is 0.276 e. The van der Waals surface area contributed by atoms with Crippen molar-refractivity contribution in [3.8, 4) is 0 Å². The number of benzene rings is 2. The fraction of sp³-hybridized carbons (Fsp3) is 0. The summed E-state index contributed by atoms with van der Waals surface area (Å²) in [5, 5.41) is -1.23. The van der Waals surface area contributed by atoms with Crippen molar-refractivity contribution in [2.24, 2.45) is 0 Å². The van der Waals surface area contributed by atoms with E-state index in [2.05, 4.69) is 0 Å². The van der Waals surface area contributed by atoms with Crippen molar-refractivity contribution in [1.82, 2.24) is 0 Å². The van der Waals surface area contributed by atoms with Gasteiger partial charge in [-0.3, -0.25) is 29.0 Å². The number of amides is 2. The molecule has 2 saturated heterocycles. The van der Waals surface area contributed by atoms with E-state index in [1.807, 2.05) is 0 Å². The van der Waals surface area contributed by atoms with Crippen LogP contribution in [0, 0.1) is 0 Å². The molecule has 0 aliphatic carbocycles. The van der Waals surface area contributed by atoms with Crippen LogP contribution in [0.2, 0.25) is 0 Å². The molecule has 160 valence electrons. The van der Waals surface area contributed by atoms with Crippen molar-refractivity contribution in [2.45, 2.75) is 0 Å². The summed E-state index contributed by atoms with van der Waals surface area (Å²) in [5.74, 6) is -0.929. The van der Waals surface area contributed by atoms with Crippen LogP contribution >= 0.6 is 71.2 Å². The Labute approximate surface area is 210 Å². The lowest BCUT2D eigenvalue weighted by Gasteiger charge is -2.15. The minimum Gasteiger partial charge on any atom is -0.276 e. The molecular weight excluding hydrogens is 531 g/mol. The molecule has 2 heterocycles. The first-order valence-electron chi connectivity index (χ1n) is 8.65. The van der Waals surface area contributed by atoms with Gasteiger partial charge < -0.3 is 0 Å². The maximum Gasteiger partial charge on any atom is 0.272 e. The molecule has 0 bridgehead atoms. The summed E-state index contributed by atoms with van der Waals surface area (Å²) >= 11 is 23.6. The first-order valence-corrected chi connectivity index (χ1v) is 11.9. The molecule has 32 heavy (non-hydrogen) atoms. The van der Waals surface area contributed by atoms with E-state index >= 15 is 0 Å². The number of thioether (sulfide) groups is 2. The number of hydrogen-bond donors (Lipinski definition) is 0.